The number of benzene rings is 2. The Labute approximate surface area is 125 Å². The van der Waals surface area contributed by atoms with Crippen LogP contribution in [0.2, 0.25) is 0 Å². The van der Waals surface area contributed by atoms with Crippen LogP contribution < -0.4 is 0 Å². The Morgan fingerprint density at radius 3 is 2.29 bits per heavy atom. The molecule has 0 aliphatic carbocycles. The second-order valence-electron chi connectivity index (χ2n) is 4.28. The summed E-state index contributed by atoms with van der Waals surface area (Å²) in [6.07, 6.45) is 0.327. The van der Waals surface area contributed by atoms with Gasteiger partial charge in [-0.2, -0.15) is 0 Å². The Kier molecular flexibility index (Phi) is 5.05. The van der Waals surface area contributed by atoms with E-state index in [4.69, 9.17) is 0 Å². The topological polar surface area (TPSA) is 60.2 Å². The van der Waals surface area contributed by atoms with Gasteiger partial charge in [0.2, 0.25) is 0 Å². The maximum Gasteiger partial charge on any atom is 0.269 e. The van der Waals surface area contributed by atoms with E-state index in [0.29, 0.717) is 17.7 Å². The molecule has 0 N–H and O–H groups in total. The van der Waals surface area contributed by atoms with Gasteiger partial charge in [-0.15, -0.1) is 11.8 Å². The van der Waals surface area contributed by atoms with Gasteiger partial charge in [-0.1, -0.05) is 0 Å². The summed E-state index contributed by atoms with van der Waals surface area (Å²) in [7, 11) is 0. The summed E-state index contributed by atoms with van der Waals surface area (Å²) in [5, 5.41) is 10.5. The first kappa shape index (κ1) is 15.2. The number of nitro groups is 1. The van der Waals surface area contributed by atoms with Crippen LogP contribution in [-0.2, 0) is 0 Å². The number of non-ortho nitro benzene ring substituents is 1. The first-order valence-corrected chi connectivity index (χ1v) is 7.21. The van der Waals surface area contributed by atoms with Gasteiger partial charge in [0.15, 0.2) is 5.78 Å². The number of Topliss-reactive ketones (excluding diaryl/α,β-unsaturated/α-hetero) is 1. The van der Waals surface area contributed by atoms with Gasteiger partial charge in [0.25, 0.3) is 5.69 Å². The number of carbonyl (C=O) groups excluding carboxylic acids is 1. The lowest BCUT2D eigenvalue weighted by molar-refractivity contribution is -0.384. The largest absolute Gasteiger partial charge is 0.294 e. The Morgan fingerprint density at radius 1 is 1.10 bits per heavy atom. The second kappa shape index (κ2) is 6.99. The first-order chi connectivity index (χ1) is 10.1. The smallest absolute Gasteiger partial charge is 0.269 e. The fourth-order valence-electron chi connectivity index (χ4n) is 1.71. The fraction of sp³-hybridized carbons (Fsp3) is 0.133. The predicted octanol–water partition coefficient (Wildman–Crippen LogP) is 4.10. The molecule has 0 spiro atoms. The van der Waals surface area contributed by atoms with Crippen LogP contribution in [0.5, 0.6) is 0 Å². The third kappa shape index (κ3) is 4.39. The standard InChI is InChI=1S/C15H12FNO3S/c16-12-3-1-11(2-4-12)15(18)9-10-21-14-7-5-13(6-8-14)17(19)20/h1-8H,9-10H2. The highest BCUT2D eigenvalue weighted by Gasteiger charge is 2.07. The Morgan fingerprint density at radius 2 is 1.71 bits per heavy atom. The van der Waals surface area contributed by atoms with E-state index in [-0.39, 0.29) is 17.3 Å². The van der Waals surface area contributed by atoms with Crippen molar-refractivity contribution in [1.82, 2.24) is 0 Å². The monoisotopic (exact) mass is 305 g/mol. The van der Waals surface area contributed by atoms with Gasteiger partial charge in [-0.3, -0.25) is 14.9 Å². The minimum absolute atomic E-state index is 0.0433. The van der Waals surface area contributed by atoms with Crippen molar-refractivity contribution in [1.29, 1.82) is 0 Å². The quantitative estimate of drug-likeness (QED) is 0.349. The maximum absolute atomic E-state index is 12.7. The summed E-state index contributed by atoms with van der Waals surface area (Å²) >= 11 is 1.45. The molecule has 0 radical (unpaired) electrons. The highest BCUT2D eigenvalue weighted by molar-refractivity contribution is 7.99. The number of ketones is 1. The minimum Gasteiger partial charge on any atom is -0.294 e. The molecule has 0 atom stereocenters. The van der Waals surface area contributed by atoms with Crippen molar-refractivity contribution in [3.8, 4) is 0 Å². The fourth-order valence-corrected chi connectivity index (χ4v) is 2.56. The lowest BCUT2D eigenvalue weighted by Crippen LogP contribution is -2.00. The number of nitrogens with zero attached hydrogens (tertiary/aromatic N) is 1. The highest BCUT2D eigenvalue weighted by atomic mass is 32.2. The number of halogens is 1. The molecular weight excluding hydrogens is 293 g/mol. The zero-order valence-electron chi connectivity index (χ0n) is 11.0. The van der Waals surface area contributed by atoms with Crippen molar-refractivity contribution in [2.24, 2.45) is 0 Å². The lowest BCUT2D eigenvalue weighted by atomic mass is 10.1. The third-order valence-corrected chi connectivity index (χ3v) is 3.83. The van der Waals surface area contributed by atoms with Crippen molar-refractivity contribution in [2.75, 3.05) is 5.75 Å². The molecule has 0 saturated heterocycles. The third-order valence-electron chi connectivity index (χ3n) is 2.81. The van der Waals surface area contributed by atoms with E-state index in [9.17, 15) is 19.3 Å². The number of carbonyl (C=O) groups is 1. The van der Waals surface area contributed by atoms with Crippen molar-refractivity contribution in [2.45, 2.75) is 11.3 Å². The van der Waals surface area contributed by atoms with Crippen LogP contribution in [0.25, 0.3) is 0 Å². The van der Waals surface area contributed by atoms with Crippen molar-refractivity contribution >= 4 is 23.2 Å². The highest BCUT2D eigenvalue weighted by Crippen LogP contribution is 2.22. The summed E-state index contributed by atoms with van der Waals surface area (Å²) in [6.45, 7) is 0. The van der Waals surface area contributed by atoms with Crippen molar-refractivity contribution in [3.63, 3.8) is 0 Å². The van der Waals surface area contributed by atoms with Crippen LogP contribution in [0, 0.1) is 15.9 Å². The molecular formula is C15H12FNO3S. The molecule has 21 heavy (non-hydrogen) atoms. The molecule has 4 nitrogen and oxygen atoms in total. The molecule has 6 heteroatoms. The lowest BCUT2D eigenvalue weighted by Gasteiger charge is -2.02. The van der Waals surface area contributed by atoms with Crippen molar-refractivity contribution in [3.05, 3.63) is 70.0 Å². The van der Waals surface area contributed by atoms with Gasteiger partial charge in [-0.05, 0) is 36.4 Å². The Hall–Kier alpha value is -2.21. The zero-order chi connectivity index (χ0) is 15.2. The molecule has 0 heterocycles. The van der Waals surface area contributed by atoms with E-state index >= 15 is 0 Å². The van der Waals surface area contributed by atoms with Gasteiger partial charge in [0, 0.05) is 34.8 Å². The first-order valence-electron chi connectivity index (χ1n) is 6.22. The molecule has 2 aromatic rings. The van der Waals surface area contributed by atoms with Crippen LogP contribution >= 0.6 is 11.8 Å². The van der Waals surface area contributed by atoms with E-state index in [1.807, 2.05) is 0 Å². The molecule has 108 valence electrons. The van der Waals surface area contributed by atoms with Crippen molar-refractivity contribution < 1.29 is 14.1 Å². The molecule has 2 aromatic carbocycles. The van der Waals surface area contributed by atoms with Gasteiger partial charge in [0.05, 0.1) is 4.92 Å². The van der Waals surface area contributed by atoms with E-state index in [0.717, 1.165) is 4.90 Å². The zero-order valence-corrected chi connectivity index (χ0v) is 11.8. The summed E-state index contributed by atoms with van der Waals surface area (Å²) in [5.41, 5.74) is 0.530. The van der Waals surface area contributed by atoms with Crippen LogP contribution in [0.3, 0.4) is 0 Å². The maximum atomic E-state index is 12.7. The van der Waals surface area contributed by atoms with E-state index in [1.165, 1.54) is 48.2 Å². The van der Waals surface area contributed by atoms with Gasteiger partial charge in [0.1, 0.15) is 5.82 Å². The van der Waals surface area contributed by atoms with Crippen LogP contribution in [0.4, 0.5) is 10.1 Å². The summed E-state index contributed by atoms with van der Waals surface area (Å²) in [6, 6.07) is 11.6. The average Bonchev–Trinajstić information content (AvgIpc) is 2.48. The number of thioether (sulfide) groups is 1. The normalized spacial score (nSPS) is 10.3. The Bertz CT molecular complexity index is 641. The predicted molar refractivity (Wildman–Crippen MR) is 79.2 cm³/mol. The van der Waals surface area contributed by atoms with Crippen LogP contribution in [0.15, 0.2) is 53.4 Å². The molecule has 0 aromatic heterocycles. The Balaban J connectivity index is 1.85. The summed E-state index contributed by atoms with van der Waals surface area (Å²) in [4.78, 5) is 22.8. The molecule has 2 rings (SSSR count). The molecule has 0 saturated carbocycles. The SMILES string of the molecule is O=C(CCSc1ccc([N+](=O)[O-])cc1)c1ccc(F)cc1. The molecule has 0 bridgehead atoms. The number of rotatable bonds is 6. The number of hydrogen-bond acceptors (Lipinski definition) is 4. The van der Waals surface area contributed by atoms with Gasteiger partial charge in [-0.25, -0.2) is 4.39 Å². The summed E-state index contributed by atoms with van der Waals surface area (Å²) in [5.74, 6) is 0.143. The number of hydrogen-bond donors (Lipinski definition) is 0. The number of nitro benzene ring substituents is 1. The van der Waals surface area contributed by atoms with Gasteiger partial charge >= 0.3 is 0 Å². The van der Waals surface area contributed by atoms with E-state index in [2.05, 4.69) is 0 Å². The molecule has 0 aliphatic rings. The van der Waals surface area contributed by atoms with Crippen LogP contribution in [0.1, 0.15) is 16.8 Å². The van der Waals surface area contributed by atoms with Gasteiger partial charge < -0.3 is 0 Å². The molecule has 0 amide bonds. The minimum atomic E-state index is -0.452. The molecule has 0 fully saturated rings. The molecule has 0 unspecified atom stereocenters. The average molecular weight is 305 g/mol. The molecule has 0 aliphatic heterocycles. The second-order valence-corrected chi connectivity index (χ2v) is 5.45. The van der Waals surface area contributed by atoms with E-state index < -0.39 is 4.92 Å². The summed E-state index contributed by atoms with van der Waals surface area (Å²) < 4.78 is 12.7. The van der Waals surface area contributed by atoms with Crippen LogP contribution in [-0.4, -0.2) is 16.5 Å². The van der Waals surface area contributed by atoms with E-state index in [1.54, 1.807) is 12.1 Å².